The van der Waals surface area contributed by atoms with E-state index in [0.29, 0.717) is 5.56 Å². The number of nitrogens with two attached hydrogens (primary N) is 1. The molecule has 1 atom stereocenters. The molecule has 0 bridgehead atoms. The van der Waals surface area contributed by atoms with E-state index in [0.717, 1.165) is 5.56 Å². The fourth-order valence-electron chi connectivity index (χ4n) is 2.18. The molecule has 25 heavy (non-hydrogen) atoms. The second kappa shape index (κ2) is 9.54. The van der Waals surface area contributed by atoms with Crippen molar-refractivity contribution < 1.29 is 23.5 Å². The number of carbonyl (C=O) groups is 2. The third-order valence-electron chi connectivity index (χ3n) is 3.38. The van der Waals surface area contributed by atoms with E-state index in [1.165, 1.54) is 12.1 Å². The summed E-state index contributed by atoms with van der Waals surface area (Å²) in [4.78, 5) is 23.3. The summed E-state index contributed by atoms with van der Waals surface area (Å²) >= 11 is 0. The lowest BCUT2D eigenvalue weighted by molar-refractivity contribution is -0.154. The SMILES string of the molecule is NC(Cc1cccc(F)c1)OC(=O)CCC(=O)OCc1ccccc1. The Balaban J connectivity index is 1.66. The molecule has 5 nitrogen and oxygen atoms in total. The van der Waals surface area contributed by atoms with Crippen molar-refractivity contribution in [3.8, 4) is 0 Å². The molecular weight excluding hydrogens is 325 g/mol. The van der Waals surface area contributed by atoms with E-state index in [2.05, 4.69) is 0 Å². The lowest BCUT2D eigenvalue weighted by atomic mass is 10.1. The Morgan fingerprint density at radius 3 is 2.36 bits per heavy atom. The summed E-state index contributed by atoms with van der Waals surface area (Å²) in [5.41, 5.74) is 7.21. The molecule has 0 aliphatic rings. The maximum atomic E-state index is 13.1. The first kappa shape index (κ1) is 18.6. The van der Waals surface area contributed by atoms with E-state index < -0.39 is 18.2 Å². The summed E-state index contributed by atoms with van der Waals surface area (Å²) < 4.78 is 23.2. The summed E-state index contributed by atoms with van der Waals surface area (Å²) in [5.74, 6) is -1.46. The second-order valence-corrected chi connectivity index (χ2v) is 5.51. The smallest absolute Gasteiger partial charge is 0.307 e. The van der Waals surface area contributed by atoms with Crippen molar-refractivity contribution in [3.05, 3.63) is 71.5 Å². The highest BCUT2D eigenvalue weighted by Crippen LogP contribution is 2.08. The Bertz CT molecular complexity index is 706. The molecular formula is C19H20FNO4. The minimum absolute atomic E-state index is 0.0850. The first-order valence-electron chi connectivity index (χ1n) is 7.92. The summed E-state index contributed by atoms with van der Waals surface area (Å²) in [7, 11) is 0. The molecule has 2 rings (SSSR count). The number of rotatable bonds is 8. The predicted octanol–water partition coefficient (Wildman–Crippen LogP) is 2.72. The lowest BCUT2D eigenvalue weighted by Crippen LogP contribution is -2.29. The Labute approximate surface area is 145 Å². The molecule has 0 aliphatic carbocycles. The normalized spacial score (nSPS) is 11.6. The predicted molar refractivity (Wildman–Crippen MR) is 89.6 cm³/mol. The lowest BCUT2D eigenvalue weighted by Gasteiger charge is -2.13. The monoisotopic (exact) mass is 345 g/mol. The van der Waals surface area contributed by atoms with Crippen molar-refractivity contribution in [2.45, 2.75) is 32.1 Å². The van der Waals surface area contributed by atoms with Crippen molar-refractivity contribution >= 4 is 11.9 Å². The standard InChI is InChI=1S/C19H20FNO4/c20-16-8-4-7-15(11-16)12-17(21)25-19(23)10-9-18(22)24-13-14-5-2-1-3-6-14/h1-8,11,17H,9-10,12-13,21H2. The van der Waals surface area contributed by atoms with Crippen LogP contribution >= 0.6 is 0 Å². The number of halogens is 1. The molecule has 0 aromatic heterocycles. The molecule has 2 aromatic rings. The average molecular weight is 345 g/mol. The summed E-state index contributed by atoms with van der Waals surface area (Å²) in [6, 6.07) is 15.1. The highest BCUT2D eigenvalue weighted by atomic mass is 19.1. The molecule has 0 aliphatic heterocycles. The molecule has 0 spiro atoms. The highest BCUT2D eigenvalue weighted by Gasteiger charge is 2.13. The van der Waals surface area contributed by atoms with Crippen molar-refractivity contribution in [3.63, 3.8) is 0 Å². The molecule has 6 heteroatoms. The second-order valence-electron chi connectivity index (χ2n) is 5.51. The molecule has 0 amide bonds. The zero-order valence-electron chi connectivity index (χ0n) is 13.7. The van der Waals surface area contributed by atoms with E-state index in [1.807, 2.05) is 30.3 Å². The quantitative estimate of drug-likeness (QED) is 0.588. The molecule has 0 saturated heterocycles. The molecule has 0 fully saturated rings. The van der Waals surface area contributed by atoms with Crippen LogP contribution in [-0.2, 0) is 32.1 Å². The van der Waals surface area contributed by atoms with Crippen molar-refractivity contribution in [1.82, 2.24) is 0 Å². The molecule has 0 saturated carbocycles. The van der Waals surface area contributed by atoms with Crippen LogP contribution in [0.3, 0.4) is 0 Å². The fraction of sp³-hybridized carbons (Fsp3) is 0.263. The van der Waals surface area contributed by atoms with Gasteiger partial charge in [-0.3, -0.25) is 15.3 Å². The van der Waals surface area contributed by atoms with Crippen LogP contribution in [0.15, 0.2) is 54.6 Å². The number of ether oxygens (including phenoxy) is 2. The van der Waals surface area contributed by atoms with Gasteiger partial charge in [-0.25, -0.2) is 4.39 Å². The third kappa shape index (κ3) is 7.14. The Morgan fingerprint density at radius 2 is 1.64 bits per heavy atom. The fourth-order valence-corrected chi connectivity index (χ4v) is 2.18. The van der Waals surface area contributed by atoms with Crippen LogP contribution in [0, 0.1) is 5.82 Å². The summed E-state index contributed by atoms with van der Waals surface area (Å²) in [5, 5.41) is 0. The topological polar surface area (TPSA) is 78.6 Å². The third-order valence-corrected chi connectivity index (χ3v) is 3.38. The van der Waals surface area contributed by atoms with Gasteiger partial charge in [0.15, 0.2) is 6.23 Å². The number of carbonyl (C=O) groups excluding carboxylic acids is 2. The first-order chi connectivity index (χ1) is 12.0. The molecule has 1 unspecified atom stereocenters. The number of esters is 2. The number of hydrogen-bond acceptors (Lipinski definition) is 5. The van der Waals surface area contributed by atoms with E-state index in [4.69, 9.17) is 15.2 Å². The van der Waals surface area contributed by atoms with E-state index in [9.17, 15) is 14.0 Å². The van der Waals surface area contributed by atoms with Gasteiger partial charge in [-0.1, -0.05) is 42.5 Å². The molecule has 0 radical (unpaired) electrons. The molecule has 2 aromatic carbocycles. The maximum absolute atomic E-state index is 13.1. The molecule has 132 valence electrons. The number of hydrogen-bond donors (Lipinski definition) is 1. The summed E-state index contributed by atoms with van der Waals surface area (Å²) in [6.07, 6.45) is -0.903. The van der Waals surface area contributed by atoms with Gasteiger partial charge in [-0.15, -0.1) is 0 Å². The van der Waals surface area contributed by atoms with Gasteiger partial charge < -0.3 is 9.47 Å². The van der Waals surface area contributed by atoms with Gasteiger partial charge in [0.2, 0.25) is 0 Å². The maximum Gasteiger partial charge on any atom is 0.307 e. The average Bonchev–Trinajstić information content (AvgIpc) is 2.59. The van der Waals surface area contributed by atoms with Crippen LogP contribution in [0.4, 0.5) is 4.39 Å². The Kier molecular flexibility index (Phi) is 7.10. The molecule has 0 heterocycles. The van der Waals surface area contributed by atoms with Crippen LogP contribution < -0.4 is 5.73 Å². The van der Waals surface area contributed by atoms with Crippen LogP contribution in [0.25, 0.3) is 0 Å². The Hall–Kier alpha value is -2.73. The van der Waals surface area contributed by atoms with Crippen LogP contribution in [-0.4, -0.2) is 18.2 Å². The van der Waals surface area contributed by atoms with Crippen molar-refractivity contribution in [1.29, 1.82) is 0 Å². The largest absolute Gasteiger partial charge is 0.461 e. The minimum Gasteiger partial charge on any atom is -0.461 e. The van der Waals surface area contributed by atoms with E-state index in [-0.39, 0.29) is 31.7 Å². The van der Waals surface area contributed by atoms with Gasteiger partial charge in [-0.05, 0) is 23.3 Å². The van der Waals surface area contributed by atoms with Crippen molar-refractivity contribution in [2.75, 3.05) is 0 Å². The van der Waals surface area contributed by atoms with E-state index in [1.54, 1.807) is 12.1 Å². The zero-order chi connectivity index (χ0) is 18.1. The molecule has 2 N–H and O–H groups in total. The van der Waals surface area contributed by atoms with Gasteiger partial charge in [-0.2, -0.15) is 0 Å². The van der Waals surface area contributed by atoms with Gasteiger partial charge >= 0.3 is 11.9 Å². The first-order valence-corrected chi connectivity index (χ1v) is 7.92. The highest BCUT2D eigenvalue weighted by molar-refractivity contribution is 5.77. The summed E-state index contributed by atoms with van der Waals surface area (Å²) in [6.45, 7) is 0.161. The Morgan fingerprint density at radius 1 is 0.960 bits per heavy atom. The zero-order valence-corrected chi connectivity index (χ0v) is 13.7. The number of benzene rings is 2. The van der Waals surface area contributed by atoms with Gasteiger partial charge in [0.05, 0.1) is 12.8 Å². The minimum atomic E-state index is -0.894. The van der Waals surface area contributed by atoms with Gasteiger partial charge in [0, 0.05) is 6.42 Å². The van der Waals surface area contributed by atoms with E-state index >= 15 is 0 Å². The van der Waals surface area contributed by atoms with Gasteiger partial charge in [0.1, 0.15) is 12.4 Å². The van der Waals surface area contributed by atoms with Crippen molar-refractivity contribution in [2.24, 2.45) is 5.73 Å². The van der Waals surface area contributed by atoms with Crippen LogP contribution in [0.1, 0.15) is 24.0 Å². The van der Waals surface area contributed by atoms with Crippen LogP contribution in [0.5, 0.6) is 0 Å². The van der Waals surface area contributed by atoms with Crippen LogP contribution in [0.2, 0.25) is 0 Å². The van der Waals surface area contributed by atoms with Gasteiger partial charge in [0.25, 0.3) is 0 Å².